The topological polar surface area (TPSA) is 45.2 Å². The summed E-state index contributed by atoms with van der Waals surface area (Å²) in [6.07, 6.45) is 3.28. The number of fused-ring (bicyclic) bond motifs is 1. The van der Waals surface area contributed by atoms with Crippen molar-refractivity contribution < 1.29 is 4.79 Å². The molecule has 2 aromatic carbocycles. The minimum absolute atomic E-state index is 0.163. The Morgan fingerprint density at radius 3 is 2.76 bits per heavy atom. The first-order valence-electron chi connectivity index (χ1n) is 8.20. The van der Waals surface area contributed by atoms with Gasteiger partial charge in [0.2, 0.25) is 5.91 Å². The number of thiazole rings is 1. The number of carbonyl (C=O) groups is 1. The highest BCUT2D eigenvalue weighted by atomic mass is 32.1. The zero-order valence-corrected chi connectivity index (χ0v) is 15.4. The number of hydrogen-bond acceptors (Lipinski definition) is 4. The van der Waals surface area contributed by atoms with Gasteiger partial charge in [-0.3, -0.25) is 4.79 Å². The van der Waals surface area contributed by atoms with Gasteiger partial charge in [-0.2, -0.15) is 0 Å². The molecule has 1 amide bonds. The number of nitrogens with zero attached hydrogens (tertiary/aromatic N) is 2. The summed E-state index contributed by atoms with van der Waals surface area (Å²) in [7, 11) is 2.04. The lowest BCUT2D eigenvalue weighted by atomic mass is 10.2. The predicted octanol–water partition coefficient (Wildman–Crippen LogP) is 4.79. The molecule has 1 N–H and O–H groups in total. The van der Waals surface area contributed by atoms with Gasteiger partial charge in [-0.25, -0.2) is 4.98 Å². The summed E-state index contributed by atoms with van der Waals surface area (Å²) in [6, 6.07) is 16.2. The number of benzene rings is 2. The Morgan fingerprint density at radius 1 is 1.20 bits per heavy atom. The summed E-state index contributed by atoms with van der Waals surface area (Å²) >= 11 is 1.57. The number of nitrogens with one attached hydrogen (secondary N) is 1. The molecule has 3 rings (SSSR count). The molecule has 0 saturated carbocycles. The maximum absolute atomic E-state index is 12.2. The lowest BCUT2D eigenvalue weighted by Crippen LogP contribution is -2.25. The van der Waals surface area contributed by atoms with Gasteiger partial charge in [0.25, 0.3) is 0 Å². The van der Waals surface area contributed by atoms with E-state index in [-0.39, 0.29) is 5.91 Å². The molecule has 25 heavy (non-hydrogen) atoms. The smallest absolute Gasteiger partial charge is 0.248 e. The van der Waals surface area contributed by atoms with E-state index < -0.39 is 0 Å². The van der Waals surface area contributed by atoms with Crippen LogP contribution in [-0.4, -0.2) is 24.0 Å². The maximum atomic E-state index is 12.2. The minimum atomic E-state index is -0.163. The quantitative estimate of drug-likeness (QED) is 0.672. The third-order valence-corrected chi connectivity index (χ3v) is 4.98. The second kappa shape index (κ2) is 7.49. The highest BCUT2D eigenvalue weighted by molar-refractivity contribution is 7.19. The van der Waals surface area contributed by atoms with Crippen molar-refractivity contribution in [3.05, 3.63) is 59.6 Å². The Bertz CT molecular complexity index is 881. The van der Waals surface area contributed by atoms with Crippen LogP contribution in [0, 0.1) is 0 Å². The average molecular weight is 351 g/mol. The molecule has 0 spiro atoms. The molecular weight excluding hydrogens is 330 g/mol. The highest BCUT2D eigenvalue weighted by Crippen LogP contribution is 2.23. The maximum Gasteiger partial charge on any atom is 0.248 e. The van der Waals surface area contributed by atoms with Gasteiger partial charge in [0, 0.05) is 30.5 Å². The normalized spacial score (nSPS) is 11.4. The number of amides is 1. The largest absolute Gasteiger partial charge is 0.372 e. The molecule has 0 unspecified atom stereocenters. The van der Waals surface area contributed by atoms with Crippen LogP contribution < -0.4 is 10.2 Å². The van der Waals surface area contributed by atoms with Crippen molar-refractivity contribution in [3.63, 3.8) is 0 Å². The van der Waals surface area contributed by atoms with Crippen LogP contribution in [0.25, 0.3) is 16.3 Å². The van der Waals surface area contributed by atoms with Gasteiger partial charge >= 0.3 is 0 Å². The van der Waals surface area contributed by atoms with Crippen LogP contribution in [0.15, 0.2) is 54.6 Å². The molecule has 0 fully saturated rings. The van der Waals surface area contributed by atoms with Crippen molar-refractivity contribution in [2.75, 3.05) is 17.3 Å². The van der Waals surface area contributed by atoms with Crippen LogP contribution in [0.1, 0.15) is 18.9 Å². The number of aromatic nitrogens is 1. The molecule has 0 atom stereocenters. The fourth-order valence-electron chi connectivity index (χ4n) is 2.39. The van der Waals surface area contributed by atoms with Crippen molar-refractivity contribution >= 4 is 44.9 Å². The molecule has 4 nitrogen and oxygen atoms in total. The van der Waals surface area contributed by atoms with E-state index in [0.29, 0.717) is 6.04 Å². The van der Waals surface area contributed by atoms with Crippen molar-refractivity contribution in [3.8, 4) is 0 Å². The van der Waals surface area contributed by atoms with E-state index in [2.05, 4.69) is 29.0 Å². The number of rotatable bonds is 5. The Kier molecular flexibility index (Phi) is 5.14. The van der Waals surface area contributed by atoms with Crippen LogP contribution in [0.3, 0.4) is 0 Å². The van der Waals surface area contributed by atoms with Crippen LogP contribution in [0.2, 0.25) is 0 Å². The Labute approximate surface area is 151 Å². The first-order valence-corrected chi connectivity index (χ1v) is 9.02. The van der Waals surface area contributed by atoms with E-state index in [1.54, 1.807) is 17.4 Å². The van der Waals surface area contributed by atoms with Gasteiger partial charge in [0.1, 0.15) is 5.01 Å². The second-order valence-electron chi connectivity index (χ2n) is 6.10. The minimum Gasteiger partial charge on any atom is -0.372 e. The molecule has 5 heteroatoms. The van der Waals surface area contributed by atoms with Crippen molar-refractivity contribution in [2.45, 2.75) is 19.9 Å². The van der Waals surface area contributed by atoms with Crippen molar-refractivity contribution in [1.82, 2.24) is 4.98 Å². The van der Waals surface area contributed by atoms with Crippen LogP contribution >= 0.6 is 11.3 Å². The highest BCUT2D eigenvalue weighted by Gasteiger charge is 2.06. The number of para-hydroxylation sites is 1. The van der Waals surface area contributed by atoms with E-state index in [0.717, 1.165) is 26.6 Å². The molecule has 0 aliphatic heterocycles. The fourth-order valence-corrected chi connectivity index (χ4v) is 3.26. The number of anilines is 2. The van der Waals surface area contributed by atoms with E-state index in [9.17, 15) is 4.79 Å². The number of hydrogen-bond donors (Lipinski definition) is 1. The first kappa shape index (κ1) is 17.2. The lowest BCUT2D eigenvalue weighted by molar-refractivity contribution is -0.111. The van der Waals surface area contributed by atoms with Crippen LogP contribution in [0.4, 0.5) is 11.4 Å². The van der Waals surface area contributed by atoms with Crippen molar-refractivity contribution in [2.24, 2.45) is 0 Å². The monoisotopic (exact) mass is 351 g/mol. The van der Waals surface area contributed by atoms with Gasteiger partial charge in [-0.1, -0.05) is 18.2 Å². The van der Waals surface area contributed by atoms with E-state index >= 15 is 0 Å². The average Bonchev–Trinajstić information content (AvgIpc) is 3.02. The first-order chi connectivity index (χ1) is 12.0. The summed E-state index contributed by atoms with van der Waals surface area (Å²) in [6.45, 7) is 4.26. The summed E-state index contributed by atoms with van der Waals surface area (Å²) in [4.78, 5) is 18.8. The summed E-state index contributed by atoms with van der Waals surface area (Å²) in [5.41, 5.74) is 2.81. The zero-order chi connectivity index (χ0) is 17.8. The van der Waals surface area contributed by atoms with Crippen LogP contribution in [-0.2, 0) is 4.79 Å². The van der Waals surface area contributed by atoms with Gasteiger partial charge in [-0.15, -0.1) is 11.3 Å². The standard InChI is InChI=1S/C20H21N3OS/c1-14(2)23(3)16-8-6-7-15(13-16)21-19(24)11-12-20-22-17-9-4-5-10-18(17)25-20/h4-14H,1-3H3,(H,21,24)/b12-11+. The molecule has 3 aromatic rings. The molecule has 1 aromatic heterocycles. The Balaban J connectivity index is 1.69. The van der Waals surface area contributed by atoms with Crippen LogP contribution in [0.5, 0.6) is 0 Å². The predicted molar refractivity (Wildman–Crippen MR) is 107 cm³/mol. The molecule has 128 valence electrons. The van der Waals surface area contributed by atoms with Crippen molar-refractivity contribution in [1.29, 1.82) is 0 Å². The molecule has 1 heterocycles. The molecule has 0 saturated heterocycles. The molecular formula is C20H21N3OS. The third-order valence-electron chi connectivity index (χ3n) is 3.98. The summed E-state index contributed by atoms with van der Waals surface area (Å²) in [5, 5.41) is 3.73. The SMILES string of the molecule is CC(C)N(C)c1cccc(NC(=O)/C=C/c2nc3ccccc3s2)c1. The molecule has 0 aliphatic carbocycles. The zero-order valence-electron chi connectivity index (χ0n) is 14.6. The van der Waals surface area contributed by atoms with Gasteiger partial charge in [-0.05, 0) is 50.3 Å². The summed E-state index contributed by atoms with van der Waals surface area (Å²) < 4.78 is 1.12. The second-order valence-corrected chi connectivity index (χ2v) is 7.16. The number of carbonyl (C=O) groups excluding carboxylic acids is 1. The molecule has 0 aliphatic rings. The lowest BCUT2D eigenvalue weighted by Gasteiger charge is -2.24. The molecule has 0 bridgehead atoms. The van der Waals surface area contributed by atoms with Gasteiger partial charge < -0.3 is 10.2 Å². The van der Waals surface area contributed by atoms with E-state index in [1.807, 2.05) is 55.6 Å². The third kappa shape index (κ3) is 4.25. The fraction of sp³-hybridized carbons (Fsp3) is 0.200. The Hall–Kier alpha value is -2.66. The van der Waals surface area contributed by atoms with Gasteiger partial charge in [0.15, 0.2) is 0 Å². The van der Waals surface area contributed by atoms with E-state index in [4.69, 9.17) is 0 Å². The summed E-state index contributed by atoms with van der Waals surface area (Å²) in [5.74, 6) is -0.163. The molecule has 0 radical (unpaired) electrons. The Morgan fingerprint density at radius 2 is 2.00 bits per heavy atom. The van der Waals surface area contributed by atoms with Gasteiger partial charge in [0.05, 0.1) is 10.2 Å². The van der Waals surface area contributed by atoms with E-state index in [1.165, 1.54) is 6.08 Å².